The molecule has 1 heterocycles. The lowest BCUT2D eigenvalue weighted by atomic mass is 9.67. The van der Waals surface area contributed by atoms with Gasteiger partial charge in [-0.2, -0.15) is 0 Å². The van der Waals surface area contributed by atoms with Crippen LogP contribution in [0.25, 0.3) is 0 Å². The van der Waals surface area contributed by atoms with Gasteiger partial charge in [0.1, 0.15) is 6.10 Å². The van der Waals surface area contributed by atoms with Crippen LogP contribution < -0.4 is 0 Å². The van der Waals surface area contributed by atoms with Crippen molar-refractivity contribution >= 4 is 23.5 Å². The van der Waals surface area contributed by atoms with E-state index >= 15 is 0 Å². The van der Waals surface area contributed by atoms with Crippen LogP contribution in [-0.4, -0.2) is 35.7 Å². The van der Waals surface area contributed by atoms with Gasteiger partial charge in [-0.25, -0.2) is 9.59 Å². The number of carbonyl (C=O) groups is 4. The van der Waals surface area contributed by atoms with Crippen molar-refractivity contribution in [1.29, 1.82) is 0 Å². The van der Waals surface area contributed by atoms with Gasteiger partial charge in [0.2, 0.25) is 0 Å². The van der Waals surface area contributed by atoms with Crippen molar-refractivity contribution in [3.8, 4) is 0 Å². The van der Waals surface area contributed by atoms with Gasteiger partial charge in [-0.05, 0) is 26.8 Å². The molecule has 6 nitrogen and oxygen atoms in total. The SMILES string of the molecule is C=C1C(=O)OC2C(=O)C(C)C3C=CC(=O)C3(C)C(OC(=O)C=C(C)C)C12. The van der Waals surface area contributed by atoms with Crippen molar-refractivity contribution in [1.82, 2.24) is 0 Å². The molecule has 0 aromatic rings. The Morgan fingerprint density at radius 1 is 1.31 bits per heavy atom. The second kappa shape index (κ2) is 6.04. The summed E-state index contributed by atoms with van der Waals surface area (Å²) < 4.78 is 10.9. The fraction of sp³-hybridized carbons (Fsp3) is 0.500. The van der Waals surface area contributed by atoms with Crippen LogP contribution in [0.2, 0.25) is 0 Å². The summed E-state index contributed by atoms with van der Waals surface area (Å²) in [6, 6.07) is 0. The molecule has 0 amide bonds. The van der Waals surface area contributed by atoms with Crippen molar-refractivity contribution < 1.29 is 28.7 Å². The third-order valence-electron chi connectivity index (χ3n) is 5.74. The Hall–Kier alpha value is -2.50. The van der Waals surface area contributed by atoms with Crippen LogP contribution in [0.1, 0.15) is 27.7 Å². The number of hydrogen-bond donors (Lipinski definition) is 0. The van der Waals surface area contributed by atoms with Crippen molar-refractivity contribution in [2.45, 2.75) is 39.9 Å². The Bertz CT molecular complexity index is 784. The zero-order valence-electron chi connectivity index (χ0n) is 15.3. The molecular formula is C20H22O6. The van der Waals surface area contributed by atoms with E-state index in [0.29, 0.717) is 0 Å². The summed E-state index contributed by atoms with van der Waals surface area (Å²) in [5, 5.41) is 0. The van der Waals surface area contributed by atoms with Gasteiger partial charge in [0, 0.05) is 23.5 Å². The van der Waals surface area contributed by atoms with Crippen LogP contribution in [0, 0.1) is 23.2 Å². The summed E-state index contributed by atoms with van der Waals surface area (Å²) in [7, 11) is 0. The molecule has 6 atom stereocenters. The molecular weight excluding hydrogens is 336 g/mol. The number of esters is 2. The fourth-order valence-electron chi connectivity index (χ4n) is 4.31. The molecule has 1 aliphatic heterocycles. The molecule has 2 aliphatic carbocycles. The zero-order chi connectivity index (χ0) is 19.4. The van der Waals surface area contributed by atoms with Crippen molar-refractivity contribution in [3.63, 3.8) is 0 Å². The molecule has 0 radical (unpaired) electrons. The number of Topliss-reactive ketones (excluding diaryl/α,β-unsaturated/α-hetero) is 1. The maximum atomic E-state index is 12.9. The molecule has 2 fully saturated rings. The van der Waals surface area contributed by atoms with E-state index in [1.54, 1.807) is 33.8 Å². The third-order valence-corrected chi connectivity index (χ3v) is 5.74. The zero-order valence-corrected chi connectivity index (χ0v) is 15.3. The van der Waals surface area contributed by atoms with Gasteiger partial charge in [0.05, 0.1) is 11.3 Å². The minimum absolute atomic E-state index is 0.0622. The van der Waals surface area contributed by atoms with Gasteiger partial charge in [0.15, 0.2) is 17.7 Å². The minimum Gasteiger partial charge on any atom is -0.457 e. The molecule has 0 aromatic heterocycles. The van der Waals surface area contributed by atoms with E-state index in [4.69, 9.17) is 9.47 Å². The Kier molecular flexibility index (Phi) is 4.25. The molecule has 6 heteroatoms. The Morgan fingerprint density at radius 2 is 1.96 bits per heavy atom. The molecule has 0 aromatic carbocycles. The molecule has 0 spiro atoms. The third kappa shape index (κ3) is 2.47. The number of fused-ring (bicyclic) bond motifs is 2. The molecule has 3 aliphatic rings. The lowest BCUT2D eigenvalue weighted by Gasteiger charge is -2.38. The maximum absolute atomic E-state index is 12.9. The number of rotatable bonds is 2. The van der Waals surface area contributed by atoms with Gasteiger partial charge < -0.3 is 9.47 Å². The number of ketones is 2. The summed E-state index contributed by atoms with van der Waals surface area (Å²) in [5.41, 5.74) is -0.358. The highest BCUT2D eigenvalue weighted by molar-refractivity contribution is 6.03. The highest BCUT2D eigenvalue weighted by Crippen LogP contribution is 2.53. The number of hydrogen-bond acceptors (Lipinski definition) is 6. The first-order valence-electron chi connectivity index (χ1n) is 8.60. The molecule has 6 unspecified atom stereocenters. The minimum atomic E-state index is -1.16. The number of carbonyl (C=O) groups excluding carboxylic acids is 4. The molecule has 138 valence electrons. The van der Waals surface area contributed by atoms with E-state index in [9.17, 15) is 19.2 Å². The molecule has 0 N–H and O–H groups in total. The van der Waals surface area contributed by atoms with Crippen molar-refractivity contribution in [2.75, 3.05) is 0 Å². The summed E-state index contributed by atoms with van der Waals surface area (Å²) in [4.78, 5) is 50.1. The van der Waals surface area contributed by atoms with E-state index in [0.717, 1.165) is 5.57 Å². The number of allylic oxidation sites excluding steroid dienone is 3. The first-order valence-corrected chi connectivity index (χ1v) is 8.60. The number of ether oxygens (including phenoxy) is 2. The Labute approximate surface area is 151 Å². The molecule has 1 saturated heterocycles. The van der Waals surface area contributed by atoms with Gasteiger partial charge in [-0.3, -0.25) is 9.59 Å². The van der Waals surface area contributed by atoms with Gasteiger partial charge in [-0.15, -0.1) is 0 Å². The van der Waals surface area contributed by atoms with E-state index in [1.807, 2.05) is 0 Å². The van der Waals surface area contributed by atoms with Crippen molar-refractivity contribution in [2.24, 2.45) is 23.2 Å². The van der Waals surface area contributed by atoms with E-state index in [2.05, 4.69) is 6.58 Å². The summed E-state index contributed by atoms with van der Waals surface area (Å²) >= 11 is 0. The predicted molar refractivity (Wildman–Crippen MR) is 91.7 cm³/mol. The average molecular weight is 358 g/mol. The molecule has 3 rings (SSSR count). The molecule has 26 heavy (non-hydrogen) atoms. The smallest absolute Gasteiger partial charge is 0.334 e. The topological polar surface area (TPSA) is 86.7 Å². The first-order chi connectivity index (χ1) is 12.1. The predicted octanol–water partition coefficient (Wildman–Crippen LogP) is 1.94. The van der Waals surface area contributed by atoms with Crippen LogP contribution >= 0.6 is 0 Å². The standard InChI is InChI=1S/C20H22O6/c1-9(2)8-14(22)25-18-15-11(4)19(24)26-17(15)16(23)10(3)12-6-7-13(21)20(12,18)5/h6-8,10,12,15,17-18H,4H2,1-3,5H3. The first kappa shape index (κ1) is 18.3. The molecule has 1 saturated carbocycles. The van der Waals surface area contributed by atoms with Crippen LogP contribution in [0.5, 0.6) is 0 Å². The lowest BCUT2D eigenvalue weighted by molar-refractivity contribution is -0.160. The second-order valence-electron chi connectivity index (χ2n) is 7.68. The quantitative estimate of drug-likeness (QED) is 0.554. The van der Waals surface area contributed by atoms with Crippen LogP contribution in [0.4, 0.5) is 0 Å². The summed E-state index contributed by atoms with van der Waals surface area (Å²) in [5.74, 6) is -3.69. The average Bonchev–Trinajstić information content (AvgIpc) is 2.99. The van der Waals surface area contributed by atoms with Crippen LogP contribution in [0.15, 0.2) is 36.0 Å². The normalized spacial score (nSPS) is 38.4. The summed E-state index contributed by atoms with van der Waals surface area (Å²) in [6.45, 7) is 10.6. The monoisotopic (exact) mass is 358 g/mol. The van der Waals surface area contributed by atoms with E-state index in [1.165, 1.54) is 12.2 Å². The Balaban J connectivity index is 2.14. The highest BCUT2D eigenvalue weighted by Gasteiger charge is 2.64. The Morgan fingerprint density at radius 3 is 2.58 bits per heavy atom. The van der Waals surface area contributed by atoms with E-state index in [-0.39, 0.29) is 17.1 Å². The highest BCUT2D eigenvalue weighted by atomic mass is 16.6. The van der Waals surface area contributed by atoms with Crippen molar-refractivity contribution in [3.05, 3.63) is 36.0 Å². The molecule has 0 bridgehead atoms. The maximum Gasteiger partial charge on any atom is 0.334 e. The lowest BCUT2D eigenvalue weighted by Crippen LogP contribution is -2.49. The van der Waals surface area contributed by atoms with Gasteiger partial charge in [-0.1, -0.05) is 25.2 Å². The largest absolute Gasteiger partial charge is 0.457 e. The second-order valence-corrected chi connectivity index (χ2v) is 7.68. The summed E-state index contributed by atoms with van der Waals surface area (Å²) in [6.07, 6.45) is 2.33. The van der Waals surface area contributed by atoms with Gasteiger partial charge in [0.25, 0.3) is 0 Å². The van der Waals surface area contributed by atoms with Crippen LogP contribution in [-0.2, 0) is 28.7 Å². The fourth-order valence-corrected chi connectivity index (χ4v) is 4.31. The van der Waals surface area contributed by atoms with Crippen LogP contribution in [0.3, 0.4) is 0 Å². The van der Waals surface area contributed by atoms with E-state index < -0.39 is 47.3 Å². The van der Waals surface area contributed by atoms with Gasteiger partial charge >= 0.3 is 11.9 Å².